The highest BCUT2D eigenvalue weighted by molar-refractivity contribution is 9.10. The largest absolute Gasteiger partial charge is 0.342 e. The molecule has 2 fully saturated rings. The van der Waals surface area contributed by atoms with Crippen molar-refractivity contribution in [1.82, 2.24) is 4.90 Å². The maximum Gasteiger partial charge on any atom is 0.233 e. The lowest BCUT2D eigenvalue weighted by Crippen LogP contribution is -2.54. The summed E-state index contributed by atoms with van der Waals surface area (Å²) in [6, 6.07) is 8.47. The van der Waals surface area contributed by atoms with Crippen molar-refractivity contribution in [3.63, 3.8) is 0 Å². The van der Waals surface area contributed by atoms with Gasteiger partial charge in [-0.1, -0.05) is 34.5 Å². The Hall–Kier alpha value is -0.580. The SMILES string of the molecule is CC(N)C1CCCN(C(=O)C2(c3ccc(Br)cc3)CCC2)C1.Cl. The fraction of sp³-hybridized carbons (Fsp3) is 0.611. The van der Waals surface area contributed by atoms with Gasteiger partial charge in [0.05, 0.1) is 5.41 Å². The Morgan fingerprint density at radius 1 is 1.30 bits per heavy atom. The lowest BCUT2D eigenvalue weighted by atomic mass is 9.63. The number of halogens is 2. The second kappa shape index (κ2) is 7.54. The molecule has 5 heteroatoms. The number of piperidine rings is 1. The maximum absolute atomic E-state index is 13.2. The van der Waals surface area contributed by atoms with Gasteiger partial charge in [-0.3, -0.25) is 4.79 Å². The monoisotopic (exact) mass is 400 g/mol. The molecule has 1 amide bonds. The highest BCUT2D eigenvalue weighted by atomic mass is 79.9. The summed E-state index contributed by atoms with van der Waals surface area (Å²) in [4.78, 5) is 15.3. The van der Waals surface area contributed by atoms with E-state index in [1.54, 1.807) is 0 Å². The summed E-state index contributed by atoms with van der Waals surface area (Å²) in [5, 5.41) is 0. The number of hydrogen-bond donors (Lipinski definition) is 1. The molecule has 3 nitrogen and oxygen atoms in total. The Labute approximate surface area is 153 Å². The molecule has 2 unspecified atom stereocenters. The molecular formula is C18H26BrClN2O. The number of carbonyl (C=O) groups is 1. The third kappa shape index (κ3) is 3.59. The topological polar surface area (TPSA) is 46.3 Å². The summed E-state index contributed by atoms with van der Waals surface area (Å²) in [7, 11) is 0. The van der Waals surface area contributed by atoms with Crippen LogP contribution in [0.2, 0.25) is 0 Å². The lowest BCUT2D eigenvalue weighted by Gasteiger charge is -2.46. The molecule has 2 aliphatic rings. The Bertz CT molecular complexity index is 542. The number of nitrogens with two attached hydrogens (primary N) is 1. The minimum absolute atomic E-state index is 0. The summed E-state index contributed by atoms with van der Waals surface area (Å²) >= 11 is 3.48. The van der Waals surface area contributed by atoms with Crippen LogP contribution < -0.4 is 5.73 Å². The Kier molecular flexibility index (Phi) is 6.15. The predicted octanol–water partition coefficient (Wildman–Crippen LogP) is 3.88. The van der Waals surface area contributed by atoms with Crippen molar-refractivity contribution < 1.29 is 4.79 Å². The molecule has 0 spiro atoms. The fourth-order valence-electron chi connectivity index (χ4n) is 3.85. The van der Waals surface area contributed by atoms with Crippen molar-refractivity contribution in [3.05, 3.63) is 34.3 Å². The van der Waals surface area contributed by atoms with Crippen LogP contribution in [0.4, 0.5) is 0 Å². The zero-order valence-electron chi connectivity index (χ0n) is 13.6. The zero-order chi connectivity index (χ0) is 15.7. The second-order valence-corrected chi connectivity index (χ2v) is 7.87. The van der Waals surface area contributed by atoms with Crippen LogP contribution in [0.25, 0.3) is 0 Å². The summed E-state index contributed by atoms with van der Waals surface area (Å²) in [5.74, 6) is 0.770. The van der Waals surface area contributed by atoms with Crippen LogP contribution in [0.3, 0.4) is 0 Å². The number of carbonyl (C=O) groups excluding carboxylic acids is 1. The quantitative estimate of drug-likeness (QED) is 0.835. The lowest BCUT2D eigenvalue weighted by molar-refractivity contribution is -0.143. The summed E-state index contributed by atoms with van der Waals surface area (Å²) in [5.41, 5.74) is 6.97. The zero-order valence-corrected chi connectivity index (χ0v) is 16.0. The van der Waals surface area contributed by atoms with E-state index in [1.807, 2.05) is 12.1 Å². The number of amides is 1. The Morgan fingerprint density at radius 2 is 1.96 bits per heavy atom. The van der Waals surface area contributed by atoms with Gasteiger partial charge in [-0.15, -0.1) is 12.4 Å². The van der Waals surface area contributed by atoms with Crippen LogP contribution in [0.5, 0.6) is 0 Å². The van der Waals surface area contributed by atoms with Crippen LogP contribution in [-0.2, 0) is 10.2 Å². The van der Waals surface area contributed by atoms with Crippen LogP contribution >= 0.6 is 28.3 Å². The number of nitrogens with zero attached hydrogens (tertiary/aromatic N) is 1. The van der Waals surface area contributed by atoms with E-state index in [0.717, 1.165) is 49.7 Å². The van der Waals surface area contributed by atoms with E-state index < -0.39 is 0 Å². The molecule has 1 aromatic carbocycles. The average molecular weight is 402 g/mol. The summed E-state index contributed by atoms with van der Waals surface area (Å²) in [6.45, 7) is 3.78. The minimum Gasteiger partial charge on any atom is -0.342 e. The second-order valence-electron chi connectivity index (χ2n) is 6.96. The molecule has 1 saturated heterocycles. The van der Waals surface area contributed by atoms with Gasteiger partial charge in [0.25, 0.3) is 0 Å². The van der Waals surface area contributed by atoms with Crippen molar-refractivity contribution >= 4 is 34.2 Å². The fourth-order valence-corrected chi connectivity index (χ4v) is 4.12. The number of benzene rings is 1. The van der Waals surface area contributed by atoms with Crippen LogP contribution in [0.1, 0.15) is 44.6 Å². The van der Waals surface area contributed by atoms with Gasteiger partial charge in [-0.2, -0.15) is 0 Å². The van der Waals surface area contributed by atoms with E-state index >= 15 is 0 Å². The minimum atomic E-state index is -0.277. The first kappa shape index (κ1) is 18.8. The van der Waals surface area contributed by atoms with Crippen molar-refractivity contribution in [2.24, 2.45) is 11.7 Å². The highest BCUT2D eigenvalue weighted by Crippen LogP contribution is 2.46. The van der Waals surface area contributed by atoms with E-state index in [2.05, 4.69) is 39.9 Å². The van der Waals surface area contributed by atoms with Gasteiger partial charge in [-0.05, 0) is 56.2 Å². The molecule has 128 valence electrons. The Morgan fingerprint density at radius 3 is 2.48 bits per heavy atom. The predicted molar refractivity (Wildman–Crippen MR) is 99.9 cm³/mol. The van der Waals surface area contributed by atoms with Gasteiger partial charge >= 0.3 is 0 Å². The van der Waals surface area contributed by atoms with Crippen molar-refractivity contribution in [1.29, 1.82) is 0 Å². The first-order valence-corrected chi connectivity index (χ1v) is 9.13. The molecule has 0 aromatic heterocycles. The van der Waals surface area contributed by atoms with Gasteiger partial charge in [0.15, 0.2) is 0 Å². The van der Waals surface area contributed by atoms with Crippen LogP contribution in [-0.4, -0.2) is 29.9 Å². The molecule has 1 heterocycles. The standard InChI is InChI=1S/C18H25BrN2O.ClH/c1-13(20)14-4-2-11-21(12-14)17(22)18(9-3-10-18)15-5-7-16(19)8-6-15;/h5-8,13-14H,2-4,9-12,20H2,1H3;1H. The molecule has 3 rings (SSSR count). The van der Waals surface area contributed by atoms with Gasteiger partial charge in [-0.25, -0.2) is 0 Å². The van der Waals surface area contributed by atoms with Crippen LogP contribution in [0.15, 0.2) is 28.7 Å². The van der Waals surface area contributed by atoms with Gasteiger partial charge in [0.1, 0.15) is 0 Å². The highest BCUT2D eigenvalue weighted by Gasteiger charge is 2.48. The number of hydrogen-bond acceptors (Lipinski definition) is 2. The molecule has 2 atom stereocenters. The molecule has 1 saturated carbocycles. The summed E-state index contributed by atoms with van der Waals surface area (Å²) in [6.07, 6.45) is 5.33. The molecule has 2 N–H and O–H groups in total. The molecule has 23 heavy (non-hydrogen) atoms. The maximum atomic E-state index is 13.2. The smallest absolute Gasteiger partial charge is 0.233 e. The summed E-state index contributed by atoms with van der Waals surface area (Å²) < 4.78 is 1.06. The molecule has 1 aliphatic heterocycles. The van der Waals surface area contributed by atoms with E-state index in [-0.39, 0.29) is 23.9 Å². The third-order valence-electron chi connectivity index (χ3n) is 5.50. The third-order valence-corrected chi connectivity index (χ3v) is 6.03. The van der Waals surface area contributed by atoms with Crippen molar-refractivity contribution in [3.8, 4) is 0 Å². The van der Waals surface area contributed by atoms with E-state index in [9.17, 15) is 4.79 Å². The van der Waals surface area contributed by atoms with Crippen molar-refractivity contribution in [2.75, 3.05) is 13.1 Å². The van der Waals surface area contributed by atoms with E-state index in [4.69, 9.17) is 5.73 Å². The van der Waals surface area contributed by atoms with Gasteiger partial charge in [0.2, 0.25) is 5.91 Å². The van der Waals surface area contributed by atoms with Gasteiger partial charge < -0.3 is 10.6 Å². The van der Waals surface area contributed by atoms with E-state index in [1.165, 1.54) is 5.56 Å². The molecule has 1 aromatic rings. The average Bonchev–Trinajstić information content (AvgIpc) is 2.48. The van der Waals surface area contributed by atoms with Crippen LogP contribution in [0, 0.1) is 5.92 Å². The number of likely N-dealkylation sites (tertiary alicyclic amines) is 1. The Balaban J connectivity index is 0.00000192. The molecule has 0 bridgehead atoms. The molecular weight excluding hydrogens is 376 g/mol. The normalized spacial score (nSPS) is 24.3. The van der Waals surface area contributed by atoms with Gasteiger partial charge in [0, 0.05) is 23.6 Å². The number of rotatable bonds is 3. The molecule has 1 aliphatic carbocycles. The van der Waals surface area contributed by atoms with Crippen molar-refractivity contribution in [2.45, 2.75) is 50.5 Å². The first-order chi connectivity index (χ1) is 10.5. The molecule has 0 radical (unpaired) electrons. The van der Waals surface area contributed by atoms with E-state index in [0.29, 0.717) is 11.8 Å². The first-order valence-electron chi connectivity index (χ1n) is 8.34.